The van der Waals surface area contributed by atoms with Gasteiger partial charge in [-0.05, 0) is 6.92 Å². The zero-order valence-corrected chi connectivity index (χ0v) is 10.8. The lowest BCUT2D eigenvalue weighted by Crippen LogP contribution is -1.95. The van der Waals surface area contributed by atoms with Crippen LogP contribution in [0.5, 0.6) is 5.75 Å². The second-order valence-electron chi connectivity index (χ2n) is 3.16. The van der Waals surface area contributed by atoms with Crippen LogP contribution in [0.4, 0.5) is 5.13 Å². The minimum Gasteiger partial charge on any atom is -0.485 e. The molecule has 2 heterocycles. The average molecular weight is 271 g/mol. The molecular formula is C10H11ClN4OS. The molecule has 0 aliphatic carbocycles. The summed E-state index contributed by atoms with van der Waals surface area (Å²) in [5.41, 5.74) is 0. The molecule has 0 amide bonds. The summed E-state index contributed by atoms with van der Waals surface area (Å²) in [7, 11) is 0. The first-order valence-electron chi connectivity index (χ1n) is 5.07. The van der Waals surface area contributed by atoms with E-state index in [2.05, 4.69) is 20.5 Å². The quantitative estimate of drug-likeness (QED) is 0.905. The van der Waals surface area contributed by atoms with E-state index in [1.54, 1.807) is 18.5 Å². The highest BCUT2D eigenvalue weighted by Crippen LogP contribution is 2.19. The standard InChI is InChI=1S/C10H11ClN4OS/c1-2-13-10-15-14-9(17-10)6-16-8-3-7(11)4-12-5-8/h3-5H,2,6H2,1H3,(H,13,15). The van der Waals surface area contributed by atoms with Crippen LogP contribution >= 0.6 is 22.9 Å². The van der Waals surface area contributed by atoms with E-state index >= 15 is 0 Å². The molecule has 2 rings (SSSR count). The smallest absolute Gasteiger partial charge is 0.205 e. The molecule has 1 N–H and O–H groups in total. The summed E-state index contributed by atoms with van der Waals surface area (Å²) in [6.07, 6.45) is 3.17. The molecule has 5 nitrogen and oxygen atoms in total. The van der Waals surface area contributed by atoms with E-state index < -0.39 is 0 Å². The highest BCUT2D eigenvalue weighted by Gasteiger charge is 2.04. The first-order chi connectivity index (χ1) is 8.28. The SMILES string of the molecule is CCNc1nnc(COc2cncc(Cl)c2)s1. The van der Waals surface area contributed by atoms with Gasteiger partial charge in [-0.2, -0.15) is 0 Å². The van der Waals surface area contributed by atoms with Gasteiger partial charge in [-0.15, -0.1) is 10.2 Å². The number of nitrogens with zero attached hydrogens (tertiary/aromatic N) is 3. The molecule has 7 heteroatoms. The molecule has 0 atom stereocenters. The molecule has 0 saturated carbocycles. The fourth-order valence-electron chi connectivity index (χ4n) is 1.15. The minimum atomic E-state index is 0.366. The van der Waals surface area contributed by atoms with E-state index in [1.807, 2.05) is 6.92 Å². The lowest BCUT2D eigenvalue weighted by molar-refractivity contribution is 0.303. The molecule has 0 spiro atoms. The molecule has 0 saturated heterocycles. The summed E-state index contributed by atoms with van der Waals surface area (Å²) in [5.74, 6) is 0.623. The van der Waals surface area contributed by atoms with Crippen molar-refractivity contribution in [2.24, 2.45) is 0 Å². The van der Waals surface area contributed by atoms with Crippen molar-refractivity contribution in [3.05, 3.63) is 28.5 Å². The zero-order valence-electron chi connectivity index (χ0n) is 9.18. The molecule has 17 heavy (non-hydrogen) atoms. The maximum absolute atomic E-state index is 5.79. The zero-order chi connectivity index (χ0) is 12.1. The summed E-state index contributed by atoms with van der Waals surface area (Å²) < 4.78 is 5.50. The third-order valence-corrected chi connectivity index (χ3v) is 2.90. The van der Waals surface area contributed by atoms with Crippen molar-refractivity contribution in [3.63, 3.8) is 0 Å². The molecular weight excluding hydrogens is 260 g/mol. The van der Waals surface area contributed by atoms with E-state index in [0.717, 1.165) is 16.7 Å². The van der Waals surface area contributed by atoms with E-state index in [0.29, 0.717) is 17.4 Å². The van der Waals surface area contributed by atoms with Crippen LogP contribution in [0.1, 0.15) is 11.9 Å². The average Bonchev–Trinajstić information content (AvgIpc) is 2.75. The molecule has 0 fully saturated rings. The summed E-state index contributed by atoms with van der Waals surface area (Å²) in [6.45, 7) is 3.20. The van der Waals surface area contributed by atoms with Crippen molar-refractivity contribution < 1.29 is 4.74 Å². The fourth-order valence-corrected chi connectivity index (χ4v) is 2.04. The monoisotopic (exact) mass is 270 g/mol. The second-order valence-corrected chi connectivity index (χ2v) is 4.66. The van der Waals surface area contributed by atoms with Crippen molar-refractivity contribution in [1.82, 2.24) is 15.2 Å². The number of halogens is 1. The van der Waals surface area contributed by atoms with Crippen LogP contribution < -0.4 is 10.1 Å². The first kappa shape index (κ1) is 12.1. The molecule has 0 unspecified atom stereocenters. The van der Waals surface area contributed by atoms with Gasteiger partial charge in [0.15, 0.2) is 5.01 Å². The van der Waals surface area contributed by atoms with Gasteiger partial charge >= 0.3 is 0 Å². The van der Waals surface area contributed by atoms with Crippen LogP contribution in [0.15, 0.2) is 18.5 Å². The summed E-state index contributed by atoms with van der Waals surface area (Å²) >= 11 is 7.26. The number of rotatable bonds is 5. The number of aromatic nitrogens is 3. The Kier molecular flexibility index (Phi) is 4.11. The number of pyridine rings is 1. The van der Waals surface area contributed by atoms with Crippen molar-refractivity contribution in [3.8, 4) is 5.75 Å². The van der Waals surface area contributed by atoms with Crippen LogP contribution in [-0.4, -0.2) is 21.7 Å². The van der Waals surface area contributed by atoms with Gasteiger partial charge in [0, 0.05) is 18.8 Å². The number of nitrogens with one attached hydrogen (secondary N) is 1. The van der Waals surface area contributed by atoms with Crippen LogP contribution in [0.2, 0.25) is 5.02 Å². The Morgan fingerprint density at radius 1 is 1.41 bits per heavy atom. The lowest BCUT2D eigenvalue weighted by Gasteiger charge is -2.02. The number of hydrogen-bond donors (Lipinski definition) is 1. The Morgan fingerprint density at radius 2 is 2.29 bits per heavy atom. The Labute approximate surface area is 108 Å². The summed E-state index contributed by atoms with van der Waals surface area (Å²) in [6, 6.07) is 1.71. The molecule has 0 bridgehead atoms. The highest BCUT2D eigenvalue weighted by molar-refractivity contribution is 7.15. The third kappa shape index (κ3) is 3.54. The van der Waals surface area contributed by atoms with Crippen LogP contribution in [-0.2, 0) is 6.61 Å². The van der Waals surface area contributed by atoms with Crippen LogP contribution in [0.3, 0.4) is 0 Å². The Hall–Kier alpha value is -1.40. The van der Waals surface area contributed by atoms with Gasteiger partial charge in [-0.25, -0.2) is 0 Å². The minimum absolute atomic E-state index is 0.366. The van der Waals surface area contributed by atoms with Crippen molar-refractivity contribution in [2.45, 2.75) is 13.5 Å². The van der Waals surface area contributed by atoms with E-state index in [9.17, 15) is 0 Å². The second kappa shape index (κ2) is 5.79. The van der Waals surface area contributed by atoms with Gasteiger partial charge in [-0.3, -0.25) is 4.98 Å². The van der Waals surface area contributed by atoms with Crippen molar-refractivity contribution in [1.29, 1.82) is 0 Å². The lowest BCUT2D eigenvalue weighted by atomic mass is 10.5. The first-order valence-corrected chi connectivity index (χ1v) is 6.27. The van der Waals surface area contributed by atoms with Gasteiger partial charge in [0.1, 0.15) is 12.4 Å². The number of ether oxygens (including phenoxy) is 1. The van der Waals surface area contributed by atoms with Gasteiger partial charge in [0.25, 0.3) is 0 Å². The predicted molar refractivity (Wildman–Crippen MR) is 67.7 cm³/mol. The van der Waals surface area contributed by atoms with Crippen molar-refractivity contribution in [2.75, 3.05) is 11.9 Å². The predicted octanol–water partition coefficient (Wildman–Crippen LogP) is 2.60. The molecule has 0 radical (unpaired) electrons. The number of hydrogen-bond acceptors (Lipinski definition) is 6. The summed E-state index contributed by atoms with van der Waals surface area (Å²) in [4.78, 5) is 3.93. The van der Waals surface area contributed by atoms with E-state index in [1.165, 1.54) is 11.3 Å². The Morgan fingerprint density at radius 3 is 3.06 bits per heavy atom. The van der Waals surface area contributed by atoms with Gasteiger partial charge in [0.05, 0.1) is 11.2 Å². The molecule has 2 aromatic rings. The fraction of sp³-hybridized carbons (Fsp3) is 0.300. The van der Waals surface area contributed by atoms with E-state index in [4.69, 9.17) is 16.3 Å². The van der Waals surface area contributed by atoms with Crippen molar-refractivity contribution >= 4 is 28.1 Å². The van der Waals surface area contributed by atoms with Gasteiger partial charge < -0.3 is 10.1 Å². The molecule has 2 aromatic heterocycles. The third-order valence-electron chi connectivity index (χ3n) is 1.84. The maximum Gasteiger partial charge on any atom is 0.205 e. The molecule has 0 aliphatic rings. The Balaban J connectivity index is 1.93. The molecule has 0 aliphatic heterocycles. The number of anilines is 1. The normalized spacial score (nSPS) is 10.2. The highest BCUT2D eigenvalue weighted by atomic mass is 35.5. The van der Waals surface area contributed by atoms with Gasteiger partial charge in [-0.1, -0.05) is 22.9 Å². The topological polar surface area (TPSA) is 59.9 Å². The summed E-state index contributed by atoms with van der Waals surface area (Å²) in [5, 5.41) is 13.2. The van der Waals surface area contributed by atoms with Gasteiger partial charge in [0.2, 0.25) is 5.13 Å². The molecule has 0 aromatic carbocycles. The van der Waals surface area contributed by atoms with Crippen LogP contribution in [0.25, 0.3) is 0 Å². The maximum atomic E-state index is 5.79. The molecule has 90 valence electrons. The van der Waals surface area contributed by atoms with Crippen LogP contribution in [0, 0.1) is 0 Å². The Bertz CT molecular complexity index is 491. The van der Waals surface area contributed by atoms with E-state index in [-0.39, 0.29) is 0 Å². The largest absolute Gasteiger partial charge is 0.485 e.